The largest absolute Gasteiger partial charge is 0.313 e. The van der Waals surface area contributed by atoms with E-state index in [2.05, 4.69) is 10.2 Å². The van der Waals surface area contributed by atoms with Crippen LogP contribution in [-0.2, 0) is 10.8 Å². The zero-order valence-electron chi connectivity index (χ0n) is 9.41. The molecule has 0 saturated carbocycles. The van der Waals surface area contributed by atoms with Gasteiger partial charge in [-0.1, -0.05) is 12.8 Å². The summed E-state index contributed by atoms with van der Waals surface area (Å²) in [4.78, 5) is 2.48. The first-order valence-electron chi connectivity index (χ1n) is 6.15. The third-order valence-electron chi connectivity index (χ3n) is 3.41. The molecule has 2 heterocycles. The monoisotopic (exact) mass is 230 g/mol. The third kappa shape index (κ3) is 3.85. The Kier molecular flexibility index (Phi) is 4.60. The van der Waals surface area contributed by atoms with Crippen molar-refractivity contribution in [3.8, 4) is 0 Å². The molecule has 2 aliphatic heterocycles. The van der Waals surface area contributed by atoms with Crippen molar-refractivity contribution >= 4 is 10.8 Å². The maximum atomic E-state index is 11.2. The molecule has 0 aliphatic carbocycles. The van der Waals surface area contributed by atoms with E-state index in [1.807, 2.05) is 0 Å². The van der Waals surface area contributed by atoms with Crippen LogP contribution in [0.3, 0.4) is 0 Å². The van der Waals surface area contributed by atoms with E-state index in [-0.39, 0.29) is 0 Å². The van der Waals surface area contributed by atoms with E-state index in [4.69, 9.17) is 0 Å². The molecule has 88 valence electrons. The molecular weight excluding hydrogens is 208 g/mol. The Morgan fingerprint density at radius 2 is 2.00 bits per heavy atom. The molecule has 1 N–H and O–H groups in total. The predicted octanol–water partition coefficient (Wildman–Crippen LogP) is 0.583. The summed E-state index contributed by atoms with van der Waals surface area (Å²) in [6, 6.07) is 0.680. The molecular formula is C11H22N2OS. The van der Waals surface area contributed by atoms with Crippen LogP contribution in [0.2, 0.25) is 0 Å². The zero-order valence-corrected chi connectivity index (χ0v) is 10.2. The lowest BCUT2D eigenvalue weighted by molar-refractivity contribution is 0.258. The second-order valence-electron chi connectivity index (χ2n) is 4.65. The van der Waals surface area contributed by atoms with Gasteiger partial charge in [0.2, 0.25) is 0 Å². The molecule has 1 atom stereocenters. The fourth-order valence-electron chi connectivity index (χ4n) is 2.43. The average molecular weight is 230 g/mol. The predicted molar refractivity (Wildman–Crippen MR) is 64.6 cm³/mol. The molecule has 0 radical (unpaired) electrons. The van der Waals surface area contributed by atoms with Crippen LogP contribution in [0.1, 0.15) is 25.7 Å². The smallest absolute Gasteiger partial charge is 0.0363 e. The van der Waals surface area contributed by atoms with Crippen molar-refractivity contribution in [3.05, 3.63) is 0 Å². The van der Waals surface area contributed by atoms with Crippen molar-refractivity contribution in [2.24, 2.45) is 0 Å². The number of rotatable bonds is 2. The first-order valence-corrected chi connectivity index (χ1v) is 7.64. The molecule has 4 heteroatoms. The van der Waals surface area contributed by atoms with Gasteiger partial charge in [0.25, 0.3) is 0 Å². The maximum absolute atomic E-state index is 11.2. The maximum Gasteiger partial charge on any atom is 0.0363 e. The quantitative estimate of drug-likeness (QED) is 0.753. The Bertz CT molecular complexity index is 205. The molecule has 1 unspecified atom stereocenters. The van der Waals surface area contributed by atoms with Crippen molar-refractivity contribution < 1.29 is 4.21 Å². The topological polar surface area (TPSA) is 32.3 Å². The van der Waals surface area contributed by atoms with E-state index < -0.39 is 10.8 Å². The van der Waals surface area contributed by atoms with Crippen molar-refractivity contribution in [1.82, 2.24) is 10.2 Å². The van der Waals surface area contributed by atoms with Crippen LogP contribution in [-0.4, -0.2) is 52.8 Å². The normalized spacial score (nSPS) is 31.3. The molecule has 0 bridgehead atoms. The van der Waals surface area contributed by atoms with Gasteiger partial charge in [-0.05, 0) is 19.4 Å². The molecule has 2 aliphatic rings. The lowest BCUT2D eigenvalue weighted by Gasteiger charge is -2.30. The summed E-state index contributed by atoms with van der Waals surface area (Å²) >= 11 is 0. The minimum Gasteiger partial charge on any atom is -0.313 e. The Morgan fingerprint density at radius 1 is 1.20 bits per heavy atom. The second-order valence-corrected chi connectivity index (χ2v) is 6.35. The van der Waals surface area contributed by atoms with Crippen molar-refractivity contribution in [1.29, 1.82) is 0 Å². The van der Waals surface area contributed by atoms with Crippen LogP contribution in [0.15, 0.2) is 0 Å². The van der Waals surface area contributed by atoms with Crippen molar-refractivity contribution in [3.63, 3.8) is 0 Å². The molecule has 0 aromatic carbocycles. The lowest BCUT2D eigenvalue weighted by Crippen LogP contribution is -2.46. The fourth-order valence-corrected chi connectivity index (χ4v) is 3.55. The lowest BCUT2D eigenvalue weighted by atomic mass is 10.1. The molecule has 15 heavy (non-hydrogen) atoms. The molecule has 2 rings (SSSR count). The minimum atomic E-state index is -0.533. The summed E-state index contributed by atoms with van der Waals surface area (Å²) in [7, 11) is -0.533. The van der Waals surface area contributed by atoms with Gasteiger partial charge in [-0.2, -0.15) is 0 Å². The Balaban J connectivity index is 1.73. The highest BCUT2D eigenvalue weighted by atomic mass is 32.2. The highest BCUT2D eigenvalue weighted by molar-refractivity contribution is 7.85. The SMILES string of the molecule is O=S1CCN(CC2CCCCCN2)CC1. The molecule has 2 fully saturated rings. The van der Waals surface area contributed by atoms with Gasteiger partial charge in [0.1, 0.15) is 0 Å². The fraction of sp³-hybridized carbons (Fsp3) is 1.00. The van der Waals surface area contributed by atoms with Crippen molar-refractivity contribution in [2.45, 2.75) is 31.7 Å². The van der Waals surface area contributed by atoms with E-state index in [1.54, 1.807) is 0 Å². The van der Waals surface area contributed by atoms with Gasteiger partial charge in [-0.3, -0.25) is 9.11 Å². The van der Waals surface area contributed by atoms with Gasteiger partial charge < -0.3 is 5.32 Å². The summed E-state index contributed by atoms with van der Waals surface area (Å²) in [5.41, 5.74) is 0. The zero-order chi connectivity index (χ0) is 10.5. The molecule has 3 nitrogen and oxygen atoms in total. The van der Waals surface area contributed by atoms with Gasteiger partial charge in [-0.15, -0.1) is 0 Å². The molecule has 0 amide bonds. The number of hydrogen-bond acceptors (Lipinski definition) is 3. The second kappa shape index (κ2) is 5.97. The standard InChI is InChI=1S/C11H22N2OS/c14-15-8-6-13(7-9-15)10-11-4-2-1-3-5-12-11/h11-12H,1-10H2. The van der Waals surface area contributed by atoms with Gasteiger partial charge in [0.05, 0.1) is 0 Å². The van der Waals surface area contributed by atoms with Crippen LogP contribution < -0.4 is 5.32 Å². The van der Waals surface area contributed by atoms with E-state index >= 15 is 0 Å². The Labute approximate surface area is 95.1 Å². The van der Waals surface area contributed by atoms with Crippen LogP contribution in [0, 0.1) is 0 Å². The van der Waals surface area contributed by atoms with Crippen LogP contribution in [0.5, 0.6) is 0 Å². The van der Waals surface area contributed by atoms with E-state index in [0.717, 1.165) is 31.1 Å². The number of nitrogens with one attached hydrogen (secondary N) is 1. The van der Waals surface area contributed by atoms with Gasteiger partial charge in [0.15, 0.2) is 0 Å². The minimum absolute atomic E-state index is 0.533. The summed E-state index contributed by atoms with van der Waals surface area (Å²) in [6.07, 6.45) is 5.41. The Morgan fingerprint density at radius 3 is 2.80 bits per heavy atom. The highest BCUT2D eigenvalue weighted by Gasteiger charge is 2.19. The molecule has 0 aromatic rings. The Hall–Kier alpha value is 0.0700. The van der Waals surface area contributed by atoms with Crippen LogP contribution in [0.25, 0.3) is 0 Å². The average Bonchev–Trinajstić information content (AvgIpc) is 2.50. The molecule has 2 saturated heterocycles. The third-order valence-corrected chi connectivity index (χ3v) is 4.69. The van der Waals surface area contributed by atoms with Crippen LogP contribution in [0.4, 0.5) is 0 Å². The highest BCUT2D eigenvalue weighted by Crippen LogP contribution is 2.10. The van der Waals surface area contributed by atoms with E-state index in [1.165, 1.54) is 32.2 Å². The first kappa shape index (κ1) is 11.6. The summed E-state index contributed by atoms with van der Waals surface area (Å²) in [5.74, 6) is 1.76. The van der Waals surface area contributed by atoms with Gasteiger partial charge >= 0.3 is 0 Å². The van der Waals surface area contributed by atoms with E-state index in [9.17, 15) is 4.21 Å². The van der Waals surface area contributed by atoms with Gasteiger partial charge in [0, 0.05) is 48.0 Å². The summed E-state index contributed by atoms with van der Waals surface area (Å²) < 4.78 is 11.2. The van der Waals surface area contributed by atoms with Gasteiger partial charge in [-0.25, -0.2) is 0 Å². The van der Waals surface area contributed by atoms with E-state index in [0.29, 0.717) is 6.04 Å². The summed E-state index contributed by atoms with van der Waals surface area (Å²) in [6.45, 7) is 4.41. The number of nitrogens with zero attached hydrogens (tertiary/aromatic N) is 1. The molecule has 0 spiro atoms. The summed E-state index contributed by atoms with van der Waals surface area (Å²) in [5, 5.41) is 3.62. The van der Waals surface area contributed by atoms with Crippen LogP contribution >= 0.6 is 0 Å². The van der Waals surface area contributed by atoms with Crippen molar-refractivity contribution in [2.75, 3.05) is 37.7 Å². The first-order chi connectivity index (χ1) is 7.34. The number of hydrogen-bond donors (Lipinski definition) is 1. The molecule has 0 aromatic heterocycles.